The number of aliphatic carboxylic acids is 1. The highest BCUT2D eigenvalue weighted by Crippen LogP contribution is 2.33. The van der Waals surface area contributed by atoms with E-state index in [1.807, 2.05) is 43.6 Å². The molecule has 0 amide bonds. The Kier molecular flexibility index (Phi) is 5.59. The first-order valence-corrected chi connectivity index (χ1v) is 10.2. The van der Waals surface area contributed by atoms with Gasteiger partial charge in [0.1, 0.15) is 6.04 Å². The second-order valence-electron chi connectivity index (χ2n) is 7.44. The molecule has 152 valence electrons. The number of benzene rings is 1. The highest BCUT2D eigenvalue weighted by Gasteiger charge is 2.23. The van der Waals surface area contributed by atoms with Crippen LogP contribution in [0.1, 0.15) is 50.6 Å². The number of nitrogens with zero attached hydrogens (tertiary/aromatic N) is 4. The van der Waals surface area contributed by atoms with Gasteiger partial charge in [0.05, 0.1) is 6.33 Å². The molecule has 8 heteroatoms. The van der Waals surface area contributed by atoms with E-state index in [0.29, 0.717) is 36.3 Å². The zero-order valence-corrected chi connectivity index (χ0v) is 16.5. The molecule has 1 unspecified atom stereocenters. The van der Waals surface area contributed by atoms with Crippen LogP contribution >= 0.6 is 0 Å². The average Bonchev–Trinajstić information content (AvgIpc) is 3.40. The Morgan fingerprint density at radius 2 is 2.00 bits per heavy atom. The number of rotatable bonds is 8. The molecule has 3 N–H and O–H groups in total. The van der Waals surface area contributed by atoms with Crippen LogP contribution in [0.3, 0.4) is 0 Å². The van der Waals surface area contributed by atoms with Crippen molar-refractivity contribution in [1.82, 2.24) is 19.5 Å². The van der Waals surface area contributed by atoms with E-state index >= 15 is 0 Å². The molecule has 2 heterocycles. The summed E-state index contributed by atoms with van der Waals surface area (Å²) < 4.78 is 2.12. The first-order chi connectivity index (χ1) is 14.2. The van der Waals surface area contributed by atoms with Gasteiger partial charge < -0.3 is 20.3 Å². The highest BCUT2D eigenvalue weighted by molar-refractivity contribution is 5.85. The summed E-state index contributed by atoms with van der Waals surface area (Å²) in [6, 6.07) is 9.69. The van der Waals surface area contributed by atoms with Gasteiger partial charge >= 0.3 is 5.97 Å². The summed E-state index contributed by atoms with van der Waals surface area (Å²) in [5.41, 5.74) is 2.58. The van der Waals surface area contributed by atoms with Crippen LogP contribution in [-0.2, 0) is 11.3 Å². The monoisotopic (exact) mass is 394 g/mol. The van der Waals surface area contributed by atoms with Gasteiger partial charge in [0.2, 0.25) is 5.95 Å². The average molecular weight is 394 g/mol. The van der Waals surface area contributed by atoms with Crippen molar-refractivity contribution in [1.29, 1.82) is 0 Å². The lowest BCUT2D eigenvalue weighted by molar-refractivity contribution is -0.138. The molecular weight excluding hydrogens is 368 g/mol. The lowest BCUT2D eigenvalue weighted by Crippen LogP contribution is -2.29. The van der Waals surface area contributed by atoms with Gasteiger partial charge in [0.15, 0.2) is 17.0 Å². The first-order valence-electron chi connectivity index (χ1n) is 10.2. The van der Waals surface area contributed by atoms with Gasteiger partial charge in [-0.1, -0.05) is 50.1 Å². The maximum Gasteiger partial charge on any atom is 0.326 e. The summed E-state index contributed by atoms with van der Waals surface area (Å²) in [4.78, 5) is 25.2. The molecule has 0 bridgehead atoms. The predicted octanol–water partition coefficient (Wildman–Crippen LogP) is 3.83. The van der Waals surface area contributed by atoms with Gasteiger partial charge in [0.25, 0.3) is 0 Å². The van der Waals surface area contributed by atoms with Gasteiger partial charge in [-0.2, -0.15) is 9.97 Å². The van der Waals surface area contributed by atoms with Crippen molar-refractivity contribution in [2.45, 2.75) is 57.7 Å². The fraction of sp³-hybridized carbons (Fsp3) is 0.429. The van der Waals surface area contributed by atoms with Gasteiger partial charge in [-0.05, 0) is 24.8 Å². The molecule has 0 spiro atoms. The first kappa shape index (κ1) is 19.2. The molecule has 0 aliphatic heterocycles. The number of carboxylic acid groups (broad SMARTS) is 1. The summed E-state index contributed by atoms with van der Waals surface area (Å²) >= 11 is 0. The number of carboxylic acids is 1. The Balaban J connectivity index is 1.70. The summed E-state index contributed by atoms with van der Waals surface area (Å²) in [7, 11) is 0. The summed E-state index contributed by atoms with van der Waals surface area (Å²) in [5, 5.41) is 15.7. The Hall–Kier alpha value is -3.16. The van der Waals surface area contributed by atoms with Gasteiger partial charge in [-0.25, -0.2) is 9.78 Å². The number of carbonyl (C=O) groups is 1. The fourth-order valence-corrected chi connectivity index (χ4v) is 3.83. The smallest absolute Gasteiger partial charge is 0.326 e. The van der Waals surface area contributed by atoms with Crippen molar-refractivity contribution in [3.05, 3.63) is 42.2 Å². The van der Waals surface area contributed by atoms with Crippen LogP contribution in [-0.4, -0.2) is 36.6 Å². The molecule has 1 aliphatic rings. The molecule has 29 heavy (non-hydrogen) atoms. The van der Waals surface area contributed by atoms with E-state index in [2.05, 4.69) is 30.2 Å². The number of hydrogen-bond donors (Lipinski definition) is 3. The number of imidazole rings is 1. The van der Waals surface area contributed by atoms with Crippen molar-refractivity contribution in [3.8, 4) is 0 Å². The summed E-state index contributed by atoms with van der Waals surface area (Å²) in [6.07, 6.45) is 6.90. The molecule has 1 aromatic carbocycles. The van der Waals surface area contributed by atoms with Crippen LogP contribution in [0, 0.1) is 0 Å². The molecule has 1 atom stereocenters. The van der Waals surface area contributed by atoms with Crippen molar-refractivity contribution in [2.75, 3.05) is 10.6 Å². The normalized spacial score (nSPS) is 15.5. The summed E-state index contributed by atoms with van der Waals surface area (Å²) in [6.45, 7) is 2.42. The standard InChI is InChI=1S/C21H26N6O2/c1-2-16(20(28)29)24-21-25-18(22-12-14-8-4-3-5-9-14)17-19(26-21)27(13-23-17)15-10-6-7-11-15/h3-5,8-9,13,15-16H,2,6-7,10-12H2,1H3,(H,28,29)(H2,22,24,25,26). The van der Waals surface area contributed by atoms with Crippen molar-refractivity contribution < 1.29 is 9.90 Å². The van der Waals surface area contributed by atoms with Crippen molar-refractivity contribution in [3.63, 3.8) is 0 Å². The van der Waals surface area contributed by atoms with Crippen LogP contribution < -0.4 is 10.6 Å². The number of aromatic nitrogens is 4. The quantitative estimate of drug-likeness (QED) is 0.533. The molecule has 3 aromatic rings. The number of nitrogens with one attached hydrogen (secondary N) is 2. The lowest BCUT2D eigenvalue weighted by Gasteiger charge is -2.16. The Bertz CT molecular complexity index is 982. The molecule has 0 radical (unpaired) electrons. The number of anilines is 2. The van der Waals surface area contributed by atoms with E-state index in [4.69, 9.17) is 0 Å². The molecule has 4 rings (SSSR count). The van der Waals surface area contributed by atoms with Crippen molar-refractivity contribution in [2.24, 2.45) is 0 Å². The molecule has 0 saturated heterocycles. The van der Waals surface area contributed by atoms with Crippen molar-refractivity contribution >= 4 is 28.9 Å². The maximum absolute atomic E-state index is 11.5. The van der Waals surface area contributed by atoms with E-state index in [1.54, 1.807) is 0 Å². The van der Waals surface area contributed by atoms with Gasteiger partial charge in [-0.15, -0.1) is 0 Å². The zero-order valence-electron chi connectivity index (χ0n) is 16.5. The largest absolute Gasteiger partial charge is 0.480 e. The van der Waals surface area contributed by atoms with Crippen LogP contribution in [0.25, 0.3) is 11.2 Å². The Labute approximate surface area is 169 Å². The van der Waals surface area contributed by atoms with E-state index in [1.165, 1.54) is 12.8 Å². The lowest BCUT2D eigenvalue weighted by atomic mass is 10.2. The van der Waals surface area contributed by atoms with Crippen LogP contribution in [0.2, 0.25) is 0 Å². The highest BCUT2D eigenvalue weighted by atomic mass is 16.4. The number of fused-ring (bicyclic) bond motifs is 1. The van der Waals surface area contributed by atoms with Gasteiger partial charge in [0, 0.05) is 12.6 Å². The van der Waals surface area contributed by atoms with Crippen LogP contribution in [0.15, 0.2) is 36.7 Å². The molecule has 8 nitrogen and oxygen atoms in total. The molecular formula is C21H26N6O2. The van der Waals surface area contributed by atoms with E-state index < -0.39 is 12.0 Å². The van der Waals surface area contributed by atoms with Gasteiger partial charge in [-0.3, -0.25) is 0 Å². The second-order valence-corrected chi connectivity index (χ2v) is 7.44. The number of hydrogen-bond acceptors (Lipinski definition) is 6. The SMILES string of the molecule is CCC(Nc1nc(NCc2ccccc2)c2ncn(C3CCCC3)c2n1)C(=O)O. The van der Waals surface area contributed by atoms with E-state index in [-0.39, 0.29) is 0 Å². The topological polar surface area (TPSA) is 105 Å². The van der Waals surface area contributed by atoms with E-state index in [0.717, 1.165) is 24.1 Å². The molecule has 1 saturated carbocycles. The summed E-state index contributed by atoms with van der Waals surface area (Å²) in [5.74, 6) is -0.000285. The minimum Gasteiger partial charge on any atom is -0.480 e. The molecule has 1 fully saturated rings. The third kappa shape index (κ3) is 4.16. The minimum absolute atomic E-state index is 0.307. The predicted molar refractivity (Wildman–Crippen MR) is 112 cm³/mol. The van der Waals surface area contributed by atoms with E-state index in [9.17, 15) is 9.90 Å². The Morgan fingerprint density at radius 1 is 1.24 bits per heavy atom. The Morgan fingerprint density at radius 3 is 2.69 bits per heavy atom. The molecule has 1 aliphatic carbocycles. The fourth-order valence-electron chi connectivity index (χ4n) is 3.83. The third-order valence-corrected chi connectivity index (χ3v) is 5.45. The third-order valence-electron chi connectivity index (χ3n) is 5.45. The van der Waals surface area contributed by atoms with Crippen LogP contribution in [0.5, 0.6) is 0 Å². The zero-order chi connectivity index (χ0) is 20.2. The second kappa shape index (κ2) is 8.46. The van der Waals surface area contributed by atoms with Crippen LogP contribution in [0.4, 0.5) is 11.8 Å². The maximum atomic E-state index is 11.5. The molecule has 2 aromatic heterocycles. The minimum atomic E-state index is -0.917.